The highest BCUT2D eigenvalue weighted by molar-refractivity contribution is 6.02. The number of carbonyl (C=O) groups is 1. The van der Waals surface area contributed by atoms with Gasteiger partial charge in [0.2, 0.25) is 0 Å². The van der Waals surface area contributed by atoms with Gasteiger partial charge in [0.05, 0.1) is 31.6 Å². The molecule has 0 unspecified atom stereocenters. The van der Waals surface area contributed by atoms with Crippen LogP contribution < -0.4 is 14.8 Å². The van der Waals surface area contributed by atoms with Gasteiger partial charge in [0, 0.05) is 19.3 Å². The van der Waals surface area contributed by atoms with Gasteiger partial charge in [0.15, 0.2) is 17.2 Å². The molecule has 2 heterocycles. The number of ether oxygens (including phenoxy) is 2. The molecule has 0 saturated heterocycles. The summed E-state index contributed by atoms with van der Waals surface area (Å²) in [7, 11) is 1.13. The standard InChI is InChI=1S/C20H22F3N5O3/c1-4-30-16-7-6-13(8-17(16)31-5-2)11-28-12-14(10-24-28)25-19(29)15-9-18(20(21,22)23)27(3)26-15/h6-10,12H,4-5,11H2,1-3H3,(H,25,29). The molecule has 0 aliphatic heterocycles. The number of aryl methyl sites for hydroxylation is 1. The quantitative estimate of drug-likeness (QED) is 0.581. The van der Waals surface area contributed by atoms with Crippen molar-refractivity contribution in [1.82, 2.24) is 19.6 Å². The Morgan fingerprint density at radius 3 is 2.48 bits per heavy atom. The number of aromatic nitrogens is 4. The van der Waals surface area contributed by atoms with Crippen LogP contribution in [0.2, 0.25) is 0 Å². The van der Waals surface area contributed by atoms with Crippen molar-refractivity contribution in [3.05, 3.63) is 53.6 Å². The smallest absolute Gasteiger partial charge is 0.433 e. The minimum atomic E-state index is -4.59. The Hall–Kier alpha value is -3.50. The summed E-state index contributed by atoms with van der Waals surface area (Å²) in [5.41, 5.74) is -0.114. The molecule has 0 saturated carbocycles. The van der Waals surface area contributed by atoms with Crippen molar-refractivity contribution in [2.24, 2.45) is 7.05 Å². The first-order valence-electron chi connectivity index (χ1n) is 9.54. The zero-order chi connectivity index (χ0) is 22.6. The van der Waals surface area contributed by atoms with Gasteiger partial charge < -0.3 is 14.8 Å². The highest BCUT2D eigenvalue weighted by Gasteiger charge is 2.35. The average molecular weight is 437 g/mol. The molecule has 0 spiro atoms. The maximum atomic E-state index is 12.9. The molecule has 1 amide bonds. The Morgan fingerprint density at radius 1 is 1.13 bits per heavy atom. The Balaban J connectivity index is 1.69. The summed E-state index contributed by atoms with van der Waals surface area (Å²) in [4.78, 5) is 12.3. The highest BCUT2D eigenvalue weighted by Crippen LogP contribution is 2.30. The second-order valence-corrected chi connectivity index (χ2v) is 6.56. The molecule has 3 aromatic rings. The van der Waals surface area contributed by atoms with Crippen molar-refractivity contribution in [1.29, 1.82) is 0 Å². The second-order valence-electron chi connectivity index (χ2n) is 6.56. The molecule has 0 aliphatic rings. The van der Waals surface area contributed by atoms with Crippen molar-refractivity contribution in [2.75, 3.05) is 18.5 Å². The number of halogens is 3. The molecule has 0 fully saturated rings. The lowest BCUT2D eigenvalue weighted by atomic mass is 10.2. The molecule has 166 valence electrons. The zero-order valence-corrected chi connectivity index (χ0v) is 17.2. The van der Waals surface area contributed by atoms with Crippen LogP contribution in [0.25, 0.3) is 0 Å². The van der Waals surface area contributed by atoms with Gasteiger partial charge in [-0.3, -0.25) is 14.2 Å². The molecule has 11 heteroatoms. The molecule has 2 aromatic heterocycles. The molecule has 8 nitrogen and oxygen atoms in total. The second kappa shape index (κ2) is 9.11. The summed E-state index contributed by atoms with van der Waals surface area (Å²) in [6, 6.07) is 6.24. The maximum Gasteiger partial charge on any atom is 0.433 e. The fourth-order valence-electron chi connectivity index (χ4n) is 2.93. The largest absolute Gasteiger partial charge is 0.490 e. The van der Waals surface area contributed by atoms with Gasteiger partial charge in [-0.1, -0.05) is 6.07 Å². The predicted molar refractivity (Wildman–Crippen MR) is 106 cm³/mol. The number of benzene rings is 1. The summed E-state index contributed by atoms with van der Waals surface area (Å²) in [5, 5.41) is 10.3. The number of hydrogen-bond donors (Lipinski definition) is 1. The summed E-state index contributed by atoms with van der Waals surface area (Å²) in [5.74, 6) is 0.513. The monoisotopic (exact) mass is 437 g/mol. The fraction of sp³-hybridized carbons (Fsp3) is 0.350. The average Bonchev–Trinajstić information content (AvgIpc) is 3.30. The summed E-state index contributed by atoms with van der Waals surface area (Å²) in [6.45, 7) is 5.17. The van der Waals surface area contributed by atoms with E-state index in [1.807, 2.05) is 32.0 Å². The third kappa shape index (κ3) is 5.36. The lowest BCUT2D eigenvalue weighted by Gasteiger charge is -2.12. The molecule has 0 aliphatic carbocycles. The number of amides is 1. The van der Waals surface area contributed by atoms with Crippen molar-refractivity contribution in [3.63, 3.8) is 0 Å². The van der Waals surface area contributed by atoms with Crippen LogP contribution >= 0.6 is 0 Å². The van der Waals surface area contributed by atoms with E-state index >= 15 is 0 Å². The van der Waals surface area contributed by atoms with Crippen LogP contribution in [-0.4, -0.2) is 38.7 Å². The lowest BCUT2D eigenvalue weighted by Crippen LogP contribution is -2.12. The Morgan fingerprint density at radius 2 is 1.84 bits per heavy atom. The van der Waals surface area contributed by atoms with E-state index in [1.165, 1.54) is 6.20 Å². The highest BCUT2D eigenvalue weighted by atomic mass is 19.4. The summed E-state index contributed by atoms with van der Waals surface area (Å²) in [6.07, 6.45) is -1.62. The van der Waals surface area contributed by atoms with Crippen molar-refractivity contribution < 1.29 is 27.4 Å². The van der Waals surface area contributed by atoms with Gasteiger partial charge in [-0.05, 0) is 31.5 Å². The molecular formula is C20H22F3N5O3. The molecule has 0 atom stereocenters. The number of nitrogens with zero attached hydrogens (tertiary/aromatic N) is 4. The van der Waals surface area contributed by atoms with E-state index < -0.39 is 17.8 Å². The minimum Gasteiger partial charge on any atom is -0.490 e. The van der Waals surface area contributed by atoms with Crippen LogP contribution in [0.15, 0.2) is 36.7 Å². The van der Waals surface area contributed by atoms with Crippen LogP contribution in [0.1, 0.15) is 35.6 Å². The Labute approximate surface area is 176 Å². The molecule has 31 heavy (non-hydrogen) atoms. The normalized spacial score (nSPS) is 11.4. The topological polar surface area (TPSA) is 83.2 Å². The van der Waals surface area contributed by atoms with Crippen LogP contribution in [0.5, 0.6) is 11.5 Å². The summed E-state index contributed by atoms with van der Waals surface area (Å²) >= 11 is 0. The van der Waals surface area contributed by atoms with Crippen molar-refractivity contribution in [2.45, 2.75) is 26.6 Å². The molecule has 1 aromatic carbocycles. The van der Waals surface area contributed by atoms with E-state index in [0.29, 0.717) is 47.7 Å². The first-order valence-corrected chi connectivity index (χ1v) is 9.54. The maximum absolute atomic E-state index is 12.9. The van der Waals surface area contributed by atoms with Crippen molar-refractivity contribution >= 4 is 11.6 Å². The number of hydrogen-bond acceptors (Lipinski definition) is 5. The van der Waals surface area contributed by atoms with E-state index in [1.54, 1.807) is 10.9 Å². The van der Waals surface area contributed by atoms with E-state index in [9.17, 15) is 18.0 Å². The van der Waals surface area contributed by atoms with Crippen LogP contribution in [0.4, 0.5) is 18.9 Å². The predicted octanol–water partition coefficient (Wildman–Crippen LogP) is 3.73. The van der Waals surface area contributed by atoms with Gasteiger partial charge in [0.25, 0.3) is 5.91 Å². The van der Waals surface area contributed by atoms with E-state index in [4.69, 9.17) is 9.47 Å². The van der Waals surface area contributed by atoms with Crippen LogP contribution in [0.3, 0.4) is 0 Å². The molecular weight excluding hydrogens is 415 g/mol. The van der Waals surface area contributed by atoms with E-state index in [0.717, 1.165) is 12.6 Å². The lowest BCUT2D eigenvalue weighted by molar-refractivity contribution is -0.143. The fourth-order valence-corrected chi connectivity index (χ4v) is 2.93. The van der Waals surface area contributed by atoms with Crippen LogP contribution in [-0.2, 0) is 19.8 Å². The number of rotatable bonds is 8. The Bertz CT molecular complexity index is 1060. The van der Waals surface area contributed by atoms with Crippen LogP contribution in [0, 0.1) is 0 Å². The summed E-state index contributed by atoms with van der Waals surface area (Å²) < 4.78 is 52.0. The van der Waals surface area contributed by atoms with E-state index in [2.05, 4.69) is 15.5 Å². The van der Waals surface area contributed by atoms with Gasteiger partial charge >= 0.3 is 6.18 Å². The zero-order valence-electron chi connectivity index (χ0n) is 17.2. The Kier molecular flexibility index (Phi) is 6.52. The number of carbonyl (C=O) groups excluding carboxylic acids is 1. The van der Waals surface area contributed by atoms with Gasteiger partial charge in [-0.15, -0.1) is 0 Å². The van der Waals surface area contributed by atoms with Crippen molar-refractivity contribution in [3.8, 4) is 11.5 Å². The van der Waals surface area contributed by atoms with Gasteiger partial charge in [-0.2, -0.15) is 23.4 Å². The minimum absolute atomic E-state index is 0.333. The SMILES string of the molecule is CCOc1ccc(Cn2cc(NC(=O)c3cc(C(F)(F)F)n(C)n3)cn2)cc1OCC. The molecule has 1 N–H and O–H groups in total. The molecule has 3 rings (SSSR count). The van der Waals surface area contributed by atoms with Gasteiger partial charge in [0.1, 0.15) is 5.69 Å². The molecule has 0 radical (unpaired) electrons. The number of alkyl halides is 3. The van der Waals surface area contributed by atoms with E-state index in [-0.39, 0.29) is 5.69 Å². The third-order valence-electron chi connectivity index (χ3n) is 4.25. The van der Waals surface area contributed by atoms with Gasteiger partial charge in [-0.25, -0.2) is 0 Å². The third-order valence-corrected chi connectivity index (χ3v) is 4.25. The number of nitrogens with one attached hydrogen (secondary N) is 1. The first kappa shape index (κ1) is 22.2. The molecule has 0 bridgehead atoms. The first-order chi connectivity index (χ1) is 14.7. The number of anilines is 1.